The maximum absolute atomic E-state index is 12.3. The van der Waals surface area contributed by atoms with Crippen molar-refractivity contribution in [3.63, 3.8) is 0 Å². The highest BCUT2D eigenvalue weighted by atomic mass is 16.1. The van der Waals surface area contributed by atoms with Gasteiger partial charge in [0.25, 0.3) is 5.91 Å². The maximum atomic E-state index is 12.3. The van der Waals surface area contributed by atoms with E-state index in [1.165, 1.54) is 4.79 Å². The summed E-state index contributed by atoms with van der Waals surface area (Å²) in [4.78, 5) is 13.6. The van der Waals surface area contributed by atoms with Gasteiger partial charge in [-0.3, -0.25) is 4.79 Å². The molecule has 4 rings (SSSR count). The summed E-state index contributed by atoms with van der Waals surface area (Å²) in [5.41, 5.74) is 2.67. The lowest BCUT2D eigenvalue weighted by molar-refractivity contribution is 0.102. The van der Waals surface area contributed by atoms with Crippen molar-refractivity contribution in [1.29, 1.82) is 0 Å². The summed E-state index contributed by atoms with van der Waals surface area (Å²) in [7, 11) is 0. The minimum Gasteiger partial charge on any atom is -0.305 e. The molecular weight excluding hydrogens is 278 g/mol. The van der Waals surface area contributed by atoms with Gasteiger partial charge in [-0.1, -0.05) is 42.5 Å². The van der Waals surface area contributed by atoms with Crippen LogP contribution in [0.4, 0.5) is 11.5 Å². The van der Waals surface area contributed by atoms with Gasteiger partial charge in [-0.25, -0.2) is 0 Å². The van der Waals surface area contributed by atoms with Gasteiger partial charge in [0, 0.05) is 11.6 Å². The second kappa shape index (κ2) is 4.92. The molecule has 22 heavy (non-hydrogen) atoms. The van der Waals surface area contributed by atoms with Gasteiger partial charge in [0.2, 0.25) is 0 Å². The van der Waals surface area contributed by atoms with E-state index in [1.54, 1.807) is 24.3 Å². The lowest BCUT2D eigenvalue weighted by Crippen LogP contribution is -2.15. The molecule has 0 fully saturated rings. The number of aromatic nitrogens is 2. The van der Waals surface area contributed by atoms with Gasteiger partial charge in [0.15, 0.2) is 5.82 Å². The van der Waals surface area contributed by atoms with Crippen molar-refractivity contribution in [1.82, 2.24) is 9.89 Å². The highest BCUT2D eigenvalue weighted by Gasteiger charge is 2.18. The monoisotopic (exact) mass is 289 g/mol. The van der Waals surface area contributed by atoms with Crippen LogP contribution in [0.2, 0.25) is 0 Å². The van der Waals surface area contributed by atoms with Crippen LogP contribution in [-0.4, -0.2) is 15.8 Å². The van der Waals surface area contributed by atoms with Crippen LogP contribution >= 0.6 is 0 Å². The van der Waals surface area contributed by atoms with Gasteiger partial charge >= 0.3 is 0 Å². The fourth-order valence-corrected chi connectivity index (χ4v) is 2.30. The van der Waals surface area contributed by atoms with Gasteiger partial charge in [0.1, 0.15) is 5.69 Å². The molecule has 0 aliphatic carbocycles. The molecule has 0 radical (unpaired) electrons. The lowest BCUT2D eigenvalue weighted by Gasteiger charge is -2.09. The number of anilines is 1. The molecule has 0 bridgehead atoms. The molecule has 0 saturated heterocycles. The average Bonchev–Trinajstić information content (AvgIpc) is 2.95. The van der Waals surface area contributed by atoms with Gasteiger partial charge in [0.05, 0.1) is 11.3 Å². The van der Waals surface area contributed by atoms with E-state index in [-0.39, 0.29) is 5.91 Å². The van der Waals surface area contributed by atoms with E-state index in [0.29, 0.717) is 17.1 Å². The SMILES string of the molecule is O=C1Nc2cc(-c3ccccc3)nn2N=Nc2ccccc21. The summed E-state index contributed by atoms with van der Waals surface area (Å²) in [6.45, 7) is 0. The van der Waals surface area contributed by atoms with Crippen molar-refractivity contribution in [2.75, 3.05) is 5.32 Å². The molecule has 1 aromatic heterocycles. The number of fused-ring (bicyclic) bond motifs is 2. The molecular formula is C16H11N5O. The molecule has 1 aliphatic heterocycles. The first-order chi connectivity index (χ1) is 10.8. The Bertz CT molecular complexity index is 883. The van der Waals surface area contributed by atoms with Gasteiger partial charge < -0.3 is 5.32 Å². The largest absolute Gasteiger partial charge is 0.305 e. The van der Waals surface area contributed by atoms with Gasteiger partial charge in [-0.2, -0.15) is 0 Å². The smallest absolute Gasteiger partial charge is 0.259 e. The summed E-state index contributed by atoms with van der Waals surface area (Å²) in [6.07, 6.45) is 0. The zero-order valence-electron chi connectivity index (χ0n) is 11.5. The number of nitrogens with zero attached hydrogens (tertiary/aromatic N) is 4. The van der Waals surface area contributed by atoms with E-state index in [1.807, 2.05) is 36.4 Å². The van der Waals surface area contributed by atoms with Crippen LogP contribution in [0.3, 0.4) is 0 Å². The van der Waals surface area contributed by atoms with Crippen LogP contribution in [0.25, 0.3) is 11.3 Å². The van der Waals surface area contributed by atoms with Crippen LogP contribution in [0.5, 0.6) is 0 Å². The van der Waals surface area contributed by atoms with Crippen molar-refractivity contribution in [3.05, 3.63) is 66.2 Å². The van der Waals surface area contributed by atoms with Crippen LogP contribution in [0.15, 0.2) is 71.0 Å². The van der Waals surface area contributed by atoms with Crippen molar-refractivity contribution >= 4 is 17.4 Å². The van der Waals surface area contributed by atoms with Crippen molar-refractivity contribution in [2.24, 2.45) is 10.3 Å². The molecule has 0 atom stereocenters. The number of rotatable bonds is 1. The van der Waals surface area contributed by atoms with E-state index < -0.39 is 0 Å². The fraction of sp³-hybridized carbons (Fsp3) is 0. The van der Waals surface area contributed by atoms with Gasteiger partial charge in [-0.15, -0.1) is 15.0 Å². The lowest BCUT2D eigenvalue weighted by atomic mass is 10.1. The van der Waals surface area contributed by atoms with Crippen LogP contribution in [-0.2, 0) is 0 Å². The average molecular weight is 289 g/mol. The Hall–Kier alpha value is -3.28. The molecule has 1 N–H and O–H groups in total. The number of amides is 1. The third-order valence-corrected chi connectivity index (χ3v) is 3.39. The molecule has 0 saturated carbocycles. The summed E-state index contributed by atoms with van der Waals surface area (Å²) >= 11 is 0. The molecule has 6 heteroatoms. The minimum atomic E-state index is -0.227. The third kappa shape index (κ3) is 2.07. The number of hydrogen-bond acceptors (Lipinski definition) is 4. The summed E-state index contributed by atoms with van der Waals surface area (Å²) in [6, 6.07) is 18.5. The predicted molar refractivity (Wildman–Crippen MR) is 82.0 cm³/mol. The molecule has 6 nitrogen and oxygen atoms in total. The van der Waals surface area contributed by atoms with Crippen molar-refractivity contribution in [3.8, 4) is 11.3 Å². The van der Waals surface area contributed by atoms with E-state index in [2.05, 4.69) is 20.8 Å². The molecule has 1 amide bonds. The Labute approximate surface area is 126 Å². The number of carbonyl (C=O) groups is 1. The standard InChI is InChI=1S/C16H11N5O/c22-16-12-8-4-5-9-13(12)18-20-21-15(17-16)10-14(19-21)11-6-2-1-3-7-11/h1-10H,(H,17,22). The van der Waals surface area contributed by atoms with Crippen molar-refractivity contribution < 1.29 is 4.79 Å². The maximum Gasteiger partial charge on any atom is 0.259 e. The number of hydrogen-bond donors (Lipinski definition) is 1. The number of nitrogens with one attached hydrogen (secondary N) is 1. The van der Waals surface area contributed by atoms with Crippen LogP contribution < -0.4 is 5.32 Å². The summed E-state index contributed by atoms with van der Waals surface area (Å²) < 4.78 is 0. The number of benzene rings is 2. The van der Waals surface area contributed by atoms with Crippen molar-refractivity contribution in [2.45, 2.75) is 0 Å². The first-order valence-corrected chi connectivity index (χ1v) is 6.79. The van der Waals surface area contributed by atoms with Crippen LogP contribution in [0.1, 0.15) is 10.4 Å². The molecule has 0 spiro atoms. The zero-order chi connectivity index (χ0) is 14.9. The first-order valence-electron chi connectivity index (χ1n) is 6.79. The molecule has 3 aromatic rings. The quantitative estimate of drug-likeness (QED) is 0.742. The molecule has 2 heterocycles. The van der Waals surface area contributed by atoms with E-state index in [0.717, 1.165) is 11.3 Å². The fourth-order valence-electron chi connectivity index (χ4n) is 2.30. The molecule has 106 valence electrons. The number of carbonyl (C=O) groups excluding carboxylic acids is 1. The van der Waals surface area contributed by atoms with Gasteiger partial charge in [-0.05, 0) is 17.4 Å². The van der Waals surface area contributed by atoms with Crippen LogP contribution in [0, 0.1) is 0 Å². The Morgan fingerprint density at radius 1 is 0.955 bits per heavy atom. The molecule has 1 aliphatic rings. The second-order valence-corrected chi connectivity index (χ2v) is 4.83. The van der Waals surface area contributed by atoms with E-state index in [9.17, 15) is 4.79 Å². The zero-order valence-corrected chi connectivity index (χ0v) is 11.5. The normalized spacial score (nSPS) is 12.8. The Morgan fingerprint density at radius 3 is 2.59 bits per heavy atom. The second-order valence-electron chi connectivity index (χ2n) is 4.83. The Kier molecular flexibility index (Phi) is 2.79. The summed E-state index contributed by atoms with van der Waals surface area (Å²) in [5.74, 6) is 0.261. The Morgan fingerprint density at radius 2 is 1.73 bits per heavy atom. The minimum absolute atomic E-state index is 0.227. The molecule has 0 unspecified atom stereocenters. The summed E-state index contributed by atoms with van der Waals surface area (Å²) in [5, 5.41) is 15.4. The van der Waals surface area contributed by atoms with E-state index >= 15 is 0 Å². The Balaban J connectivity index is 1.81. The third-order valence-electron chi connectivity index (χ3n) is 3.39. The molecule has 2 aromatic carbocycles. The highest BCUT2D eigenvalue weighted by Crippen LogP contribution is 2.27. The van der Waals surface area contributed by atoms with E-state index in [4.69, 9.17) is 0 Å². The topological polar surface area (TPSA) is 71.6 Å². The highest BCUT2D eigenvalue weighted by molar-refractivity contribution is 6.07. The first kappa shape index (κ1) is 12.5. The predicted octanol–water partition coefficient (Wildman–Crippen LogP) is 3.66.